The van der Waals surface area contributed by atoms with Gasteiger partial charge in [-0.1, -0.05) is 0 Å². The van der Waals surface area contributed by atoms with Gasteiger partial charge in [-0.05, 0) is 26.8 Å². The number of hydrogen-bond donors (Lipinski definition) is 1. The predicted molar refractivity (Wildman–Crippen MR) is 52.0 cm³/mol. The van der Waals surface area contributed by atoms with Crippen LogP contribution in [0.4, 0.5) is 0 Å². The maximum Gasteiger partial charge on any atom is 0.0619 e. The van der Waals surface area contributed by atoms with Gasteiger partial charge in [-0.25, -0.2) is 0 Å². The first-order valence-corrected chi connectivity index (χ1v) is 4.53. The van der Waals surface area contributed by atoms with Gasteiger partial charge >= 0.3 is 0 Å². The quantitative estimate of drug-likeness (QED) is 0.459. The van der Waals surface area contributed by atoms with Crippen LogP contribution in [0.25, 0.3) is 0 Å². The number of nitrogens with one attached hydrogen (secondary N) is 1. The van der Waals surface area contributed by atoms with Gasteiger partial charge in [0.05, 0.1) is 6.61 Å². The third-order valence-electron chi connectivity index (χ3n) is 1.81. The Morgan fingerprint density at radius 3 is 2.83 bits per heavy atom. The summed E-state index contributed by atoms with van der Waals surface area (Å²) in [5.74, 6) is 2.63. The maximum atomic E-state index is 5.30. The largest absolute Gasteiger partial charge is 0.380 e. The zero-order valence-corrected chi connectivity index (χ0v) is 8.10. The van der Waals surface area contributed by atoms with E-state index in [1.165, 1.54) is 0 Å². The fourth-order valence-corrected chi connectivity index (χ4v) is 1.02. The first kappa shape index (κ1) is 11.5. The van der Waals surface area contributed by atoms with E-state index >= 15 is 0 Å². The SMILES string of the molecule is C#CCCCC(COCC)NC. The minimum absolute atomic E-state index is 0.457. The Balaban J connectivity index is 3.34. The highest BCUT2D eigenvalue weighted by Crippen LogP contribution is 2.00. The molecule has 0 aromatic rings. The number of ether oxygens (including phenoxy) is 1. The highest BCUT2D eigenvalue weighted by atomic mass is 16.5. The highest BCUT2D eigenvalue weighted by molar-refractivity contribution is 4.83. The normalized spacial score (nSPS) is 12.4. The van der Waals surface area contributed by atoms with Crippen molar-refractivity contribution in [2.45, 2.75) is 32.2 Å². The van der Waals surface area contributed by atoms with Crippen LogP contribution < -0.4 is 5.32 Å². The molecule has 0 spiro atoms. The molecule has 12 heavy (non-hydrogen) atoms. The van der Waals surface area contributed by atoms with Crippen molar-refractivity contribution in [3.63, 3.8) is 0 Å². The Kier molecular flexibility index (Phi) is 8.20. The molecule has 2 nitrogen and oxygen atoms in total. The zero-order valence-electron chi connectivity index (χ0n) is 8.10. The van der Waals surface area contributed by atoms with Crippen molar-refractivity contribution in [2.24, 2.45) is 0 Å². The molecule has 0 rings (SSSR count). The van der Waals surface area contributed by atoms with E-state index in [-0.39, 0.29) is 0 Å². The Morgan fingerprint density at radius 2 is 2.33 bits per heavy atom. The third kappa shape index (κ3) is 6.21. The van der Waals surface area contributed by atoms with E-state index in [0.29, 0.717) is 6.04 Å². The topological polar surface area (TPSA) is 21.3 Å². The first-order chi connectivity index (χ1) is 5.85. The van der Waals surface area contributed by atoms with Gasteiger partial charge in [0.1, 0.15) is 0 Å². The average molecular weight is 169 g/mol. The Morgan fingerprint density at radius 1 is 1.58 bits per heavy atom. The molecule has 0 aromatic heterocycles. The molecule has 0 aliphatic rings. The molecule has 0 aliphatic heterocycles. The van der Waals surface area contributed by atoms with Gasteiger partial charge in [0.2, 0.25) is 0 Å². The Labute approximate surface area is 75.7 Å². The lowest BCUT2D eigenvalue weighted by atomic mass is 10.1. The summed E-state index contributed by atoms with van der Waals surface area (Å²) >= 11 is 0. The number of likely N-dealkylation sites (N-methyl/N-ethyl adjacent to an activating group) is 1. The van der Waals surface area contributed by atoms with Crippen molar-refractivity contribution in [3.8, 4) is 12.3 Å². The van der Waals surface area contributed by atoms with E-state index in [2.05, 4.69) is 11.2 Å². The van der Waals surface area contributed by atoms with E-state index in [1.54, 1.807) is 0 Å². The molecule has 1 N–H and O–H groups in total. The summed E-state index contributed by atoms with van der Waals surface area (Å²) in [6.45, 7) is 3.58. The Hall–Kier alpha value is -0.520. The van der Waals surface area contributed by atoms with E-state index in [0.717, 1.165) is 32.5 Å². The van der Waals surface area contributed by atoms with Crippen molar-refractivity contribution in [1.29, 1.82) is 0 Å². The molecule has 1 atom stereocenters. The van der Waals surface area contributed by atoms with Crippen LogP contribution in [-0.2, 0) is 4.74 Å². The van der Waals surface area contributed by atoms with Gasteiger partial charge in [-0.2, -0.15) is 0 Å². The van der Waals surface area contributed by atoms with Crippen molar-refractivity contribution in [1.82, 2.24) is 5.32 Å². The van der Waals surface area contributed by atoms with E-state index in [9.17, 15) is 0 Å². The van der Waals surface area contributed by atoms with Crippen LogP contribution >= 0.6 is 0 Å². The summed E-state index contributed by atoms with van der Waals surface area (Å²) in [4.78, 5) is 0. The molecule has 70 valence electrons. The van der Waals surface area contributed by atoms with Gasteiger partial charge < -0.3 is 10.1 Å². The van der Waals surface area contributed by atoms with Crippen LogP contribution in [0.5, 0.6) is 0 Å². The number of rotatable bonds is 7. The van der Waals surface area contributed by atoms with Gasteiger partial charge in [0, 0.05) is 19.1 Å². The summed E-state index contributed by atoms with van der Waals surface area (Å²) < 4.78 is 5.30. The summed E-state index contributed by atoms with van der Waals surface area (Å²) in [7, 11) is 1.96. The number of hydrogen-bond acceptors (Lipinski definition) is 2. The molecular formula is C10H19NO. The average Bonchev–Trinajstić information content (AvgIpc) is 2.11. The molecule has 0 radical (unpaired) electrons. The van der Waals surface area contributed by atoms with Crippen molar-refractivity contribution in [3.05, 3.63) is 0 Å². The van der Waals surface area contributed by atoms with Gasteiger partial charge in [0.25, 0.3) is 0 Å². The van der Waals surface area contributed by atoms with E-state index < -0.39 is 0 Å². The van der Waals surface area contributed by atoms with Crippen LogP contribution in [0, 0.1) is 12.3 Å². The van der Waals surface area contributed by atoms with Crippen LogP contribution in [0.3, 0.4) is 0 Å². The third-order valence-corrected chi connectivity index (χ3v) is 1.81. The van der Waals surface area contributed by atoms with Crippen molar-refractivity contribution >= 4 is 0 Å². The second kappa shape index (κ2) is 8.58. The maximum absolute atomic E-state index is 5.30. The summed E-state index contributed by atoms with van der Waals surface area (Å²) in [5.41, 5.74) is 0. The van der Waals surface area contributed by atoms with Gasteiger partial charge in [-0.15, -0.1) is 12.3 Å². The summed E-state index contributed by atoms with van der Waals surface area (Å²) in [5, 5.41) is 3.20. The number of terminal acetylenes is 1. The molecule has 1 unspecified atom stereocenters. The molecule has 0 saturated carbocycles. The molecule has 2 heteroatoms. The fraction of sp³-hybridized carbons (Fsp3) is 0.800. The molecule has 0 fully saturated rings. The Bertz CT molecular complexity index is 128. The second-order valence-corrected chi connectivity index (χ2v) is 2.74. The fourth-order valence-electron chi connectivity index (χ4n) is 1.02. The molecule has 0 aliphatic carbocycles. The smallest absolute Gasteiger partial charge is 0.0619 e. The van der Waals surface area contributed by atoms with Crippen LogP contribution in [0.15, 0.2) is 0 Å². The number of unbranched alkanes of at least 4 members (excludes halogenated alkanes) is 1. The van der Waals surface area contributed by atoms with Crippen LogP contribution in [0.2, 0.25) is 0 Å². The van der Waals surface area contributed by atoms with Crippen LogP contribution in [0.1, 0.15) is 26.2 Å². The molecule has 0 bridgehead atoms. The standard InChI is InChI=1S/C10H19NO/c1-4-6-7-8-10(11-3)9-12-5-2/h1,10-11H,5-9H2,2-3H3. The van der Waals surface area contributed by atoms with E-state index in [1.807, 2.05) is 14.0 Å². The minimum Gasteiger partial charge on any atom is -0.380 e. The minimum atomic E-state index is 0.457. The van der Waals surface area contributed by atoms with Crippen LogP contribution in [-0.4, -0.2) is 26.3 Å². The summed E-state index contributed by atoms with van der Waals surface area (Å²) in [6, 6.07) is 0.457. The molecule has 0 heterocycles. The lowest BCUT2D eigenvalue weighted by molar-refractivity contribution is 0.122. The lowest BCUT2D eigenvalue weighted by Crippen LogP contribution is -2.30. The summed E-state index contributed by atoms with van der Waals surface area (Å²) in [6.07, 6.45) is 8.20. The van der Waals surface area contributed by atoms with E-state index in [4.69, 9.17) is 11.2 Å². The van der Waals surface area contributed by atoms with Gasteiger partial charge in [-0.3, -0.25) is 0 Å². The van der Waals surface area contributed by atoms with Crippen molar-refractivity contribution < 1.29 is 4.74 Å². The molecule has 0 aromatic carbocycles. The molecular weight excluding hydrogens is 150 g/mol. The highest BCUT2D eigenvalue weighted by Gasteiger charge is 2.03. The second-order valence-electron chi connectivity index (χ2n) is 2.74. The predicted octanol–water partition coefficient (Wildman–Crippen LogP) is 1.41. The first-order valence-electron chi connectivity index (χ1n) is 4.53. The molecule has 0 amide bonds. The van der Waals surface area contributed by atoms with Gasteiger partial charge in [0.15, 0.2) is 0 Å². The zero-order chi connectivity index (χ0) is 9.23. The van der Waals surface area contributed by atoms with Crippen molar-refractivity contribution in [2.75, 3.05) is 20.3 Å². The lowest BCUT2D eigenvalue weighted by Gasteiger charge is -2.14. The monoisotopic (exact) mass is 169 g/mol. The molecule has 0 saturated heterocycles.